The van der Waals surface area contributed by atoms with Crippen LogP contribution in [0, 0.1) is 5.88 Å². The van der Waals surface area contributed by atoms with E-state index in [0.717, 1.165) is 5.70 Å². The summed E-state index contributed by atoms with van der Waals surface area (Å²) in [6, 6.07) is 0. The van der Waals surface area contributed by atoms with Crippen LogP contribution in [0.25, 0.3) is 0 Å². The molecule has 0 amide bonds. The van der Waals surface area contributed by atoms with Crippen molar-refractivity contribution in [3.63, 3.8) is 0 Å². The Balaban J connectivity index is 2.62. The quantitative estimate of drug-likeness (QED) is 0.587. The van der Waals surface area contributed by atoms with E-state index in [2.05, 4.69) is 5.32 Å². The fourth-order valence-electron chi connectivity index (χ4n) is 0.539. The van der Waals surface area contributed by atoms with Crippen molar-refractivity contribution in [2.75, 3.05) is 0 Å². The summed E-state index contributed by atoms with van der Waals surface area (Å²) in [6.45, 7) is 0. The zero-order chi connectivity index (χ0) is 6.53. The van der Waals surface area contributed by atoms with Gasteiger partial charge in [-0.05, 0) is 12.2 Å². The van der Waals surface area contributed by atoms with Crippen LogP contribution in [0.3, 0.4) is 0 Å². The summed E-state index contributed by atoms with van der Waals surface area (Å²) >= 11 is 5.43. The van der Waals surface area contributed by atoms with E-state index >= 15 is 0 Å². The molecule has 0 atom stereocenters. The van der Waals surface area contributed by atoms with E-state index < -0.39 is 0 Å². The molecule has 0 saturated carbocycles. The molecule has 0 saturated heterocycles. The number of nitrogens with one attached hydrogen (secondary N) is 1. The van der Waals surface area contributed by atoms with E-state index in [-0.39, 0.29) is 0 Å². The Bertz CT molecular complexity index is 168. The molecule has 2 heteroatoms. The van der Waals surface area contributed by atoms with E-state index in [0.29, 0.717) is 0 Å². The van der Waals surface area contributed by atoms with Crippen LogP contribution in [0.4, 0.5) is 0 Å². The Hall–Kier alpha value is -0.690. The summed E-state index contributed by atoms with van der Waals surface area (Å²) in [4.78, 5) is 0. The Labute approximate surface area is 59.7 Å². The Morgan fingerprint density at radius 1 is 1.33 bits per heavy atom. The number of allylic oxidation sites excluding steroid dienone is 5. The second-order valence-corrected chi connectivity index (χ2v) is 1.84. The standard InChI is InChI=1S/C7H7ClN/c8-6-7-4-2-1-3-5-9-7/h1-6,9H. The molecule has 1 rings (SSSR count). The predicted molar refractivity (Wildman–Crippen MR) is 39.7 cm³/mol. The summed E-state index contributed by atoms with van der Waals surface area (Å²) in [7, 11) is 0. The van der Waals surface area contributed by atoms with E-state index in [9.17, 15) is 0 Å². The van der Waals surface area contributed by atoms with Crippen molar-refractivity contribution in [3.05, 3.63) is 42.1 Å². The number of hydrogen-bond acceptors (Lipinski definition) is 1. The molecule has 1 nitrogen and oxygen atoms in total. The van der Waals surface area contributed by atoms with Gasteiger partial charge in [0.25, 0.3) is 0 Å². The lowest BCUT2D eigenvalue weighted by Crippen LogP contribution is -2.01. The van der Waals surface area contributed by atoms with Gasteiger partial charge in [0.05, 0.1) is 5.88 Å². The zero-order valence-corrected chi connectivity index (χ0v) is 5.60. The lowest BCUT2D eigenvalue weighted by Gasteiger charge is -1.96. The van der Waals surface area contributed by atoms with Gasteiger partial charge in [0.15, 0.2) is 0 Å². The van der Waals surface area contributed by atoms with Crippen LogP contribution in [-0.4, -0.2) is 0 Å². The first-order valence-corrected chi connectivity index (χ1v) is 3.10. The summed E-state index contributed by atoms with van der Waals surface area (Å²) in [5.41, 5.74) is 0.904. The van der Waals surface area contributed by atoms with Crippen LogP contribution in [0.15, 0.2) is 36.2 Å². The molecule has 0 aromatic heterocycles. The lowest BCUT2D eigenvalue weighted by atomic mass is 10.4. The van der Waals surface area contributed by atoms with Crippen LogP contribution >= 0.6 is 11.6 Å². The van der Waals surface area contributed by atoms with Crippen LogP contribution in [0.1, 0.15) is 0 Å². The van der Waals surface area contributed by atoms with Gasteiger partial charge in [0.2, 0.25) is 0 Å². The van der Waals surface area contributed by atoms with Crippen molar-refractivity contribution in [2.24, 2.45) is 0 Å². The van der Waals surface area contributed by atoms with Crippen LogP contribution in [0.2, 0.25) is 0 Å². The van der Waals surface area contributed by atoms with Gasteiger partial charge in [-0.1, -0.05) is 12.2 Å². The molecule has 1 radical (unpaired) electrons. The van der Waals surface area contributed by atoms with Gasteiger partial charge in [0.1, 0.15) is 0 Å². The third kappa shape index (κ3) is 1.94. The molecule has 1 aliphatic heterocycles. The maximum Gasteiger partial charge on any atom is 0.0953 e. The Morgan fingerprint density at radius 3 is 3.00 bits per heavy atom. The van der Waals surface area contributed by atoms with Crippen molar-refractivity contribution in [3.8, 4) is 0 Å². The van der Waals surface area contributed by atoms with Gasteiger partial charge in [-0.15, -0.1) is 11.6 Å². The molecule has 1 N–H and O–H groups in total. The average molecular weight is 141 g/mol. The maximum atomic E-state index is 5.43. The third-order valence-corrected chi connectivity index (χ3v) is 1.20. The molecule has 0 aliphatic carbocycles. The first kappa shape index (κ1) is 6.43. The fraction of sp³-hybridized carbons (Fsp3) is 0. The SMILES string of the molecule is Cl[CH]C1=CC=CC=CN1. The molecule has 0 bridgehead atoms. The van der Waals surface area contributed by atoms with Crippen LogP contribution < -0.4 is 5.32 Å². The van der Waals surface area contributed by atoms with Gasteiger partial charge in [-0.2, -0.15) is 0 Å². The van der Waals surface area contributed by atoms with Crippen LogP contribution in [0.5, 0.6) is 0 Å². The summed E-state index contributed by atoms with van der Waals surface area (Å²) in [6.07, 6.45) is 9.48. The molecule has 1 aliphatic rings. The molecule has 1 heterocycles. The highest BCUT2D eigenvalue weighted by Gasteiger charge is 1.89. The van der Waals surface area contributed by atoms with E-state index in [1.54, 1.807) is 0 Å². The molecule has 47 valence electrons. The molecule has 0 spiro atoms. The fourth-order valence-corrected chi connectivity index (χ4v) is 0.675. The van der Waals surface area contributed by atoms with E-state index in [4.69, 9.17) is 11.6 Å². The second-order valence-electron chi connectivity index (χ2n) is 1.62. The molecule has 0 aromatic rings. The van der Waals surface area contributed by atoms with Gasteiger partial charge < -0.3 is 5.32 Å². The normalized spacial score (nSPS) is 16.3. The molecular formula is C7H7ClN. The highest BCUT2D eigenvalue weighted by atomic mass is 35.5. The number of halogens is 1. The molecule has 0 aromatic carbocycles. The number of rotatable bonds is 1. The first-order chi connectivity index (χ1) is 4.43. The highest BCUT2D eigenvalue weighted by Crippen LogP contribution is 2.01. The summed E-state index contributed by atoms with van der Waals surface area (Å²) in [5.74, 6) is 1.50. The maximum absolute atomic E-state index is 5.43. The molecule has 0 unspecified atom stereocenters. The smallest absolute Gasteiger partial charge is 0.0953 e. The van der Waals surface area contributed by atoms with Crippen molar-refractivity contribution < 1.29 is 0 Å². The third-order valence-electron chi connectivity index (χ3n) is 0.962. The Kier molecular flexibility index (Phi) is 2.40. The first-order valence-electron chi connectivity index (χ1n) is 2.67. The van der Waals surface area contributed by atoms with E-state index in [1.165, 1.54) is 5.88 Å². The zero-order valence-electron chi connectivity index (χ0n) is 4.84. The number of hydrogen-bond donors (Lipinski definition) is 1. The minimum Gasteiger partial charge on any atom is -0.364 e. The summed E-state index contributed by atoms with van der Waals surface area (Å²) < 4.78 is 0. The van der Waals surface area contributed by atoms with Gasteiger partial charge in [-0.3, -0.25) is 0 Å². The van der Waals surface area contributed by atoms with Gasteiger partial charge in [0, 0.05) is 11.9 Å². The second kappa shape index (κ2) is 3.36. The molecule has 0 fully saturated rings. The van der Waals surface area contributed by atoms with Crippen molar-refractivity contribution >= 4 is 11.6 Å². The topological polar surface area (TPSA) is 12.0 Å². The van der Waals surface area contributed by atoms with Crippen LogP contribution in [-0.2, 0) is 0 Å². The van der Waals surface area contributed by atoms with E-state index in [1.807, 2.05) is 30.5 Å². The average Bonchev–Trinajstić information content (AvgIpc) is 2.13. The van der Waals surface area contributed by atoms with Gasteiger partial charge >= 0.3 is 0 Å². The summed E-state index contributed by atoms with van der Waals surface area (Å²) in [5, 5.41) is 2.96. The van der Waals surface area contributed by atoms with Crippen molar-refractivity contribution in [1.82, 2.24) is 5.32 Å². The monoisotopic (exact) mass is 140 g/mol. The Morgan fingerprint density at radius 2 is 2.22 bits per heavy atom. The van der Waals surface area contributed by atoms with Gasteiger partial charge in [-0.25, -0.2) is 0 Å². The minimum absolute atomic E-state index is 0.904. The van der Waals surface area contributed by atoms with Crippen molar-refractivity contribution in [1.29, 1.82) is 0 Å². The highest BCUT2D eigenvalue weighted by molar-refractivity contribution is 6.25. The largest absolute Gasteiger partial charge is 0.364 e. The lowest BCUT2D eigenvalue weighted by molar-refractivity contribution is 1.11. The molecule has 9 heavy (non-hydrogen) atoms. The van der Waals surface area contributed by atoms with Crippen molar-refractivity contribution in [2.45, 2.75) is 0 Å². The molecular weight excluding hydrogens is 134 g/mol. The predicted octanol–water partition coefficient (Wildman–Crippen LogP) is 1.94. The minimum atomic E-state index is 0.904.